The fourth-order valence-corrected chi connectivity index (χ4v) is 4.49. The van der Waals surface area contributed by atoms with Crippen molar-refractivity contribution in [1.82, 2.24) is 4.90 Å². The first-order chi connectivity index (χ1) is 8.27. The Morgan fingerprint density at radius 2 is 1.65 bits per heavy atom. The van der Waals surface area contributed by atoms with Gasteiger partial charge in [-0.25, -0.2) is 0 Å². The molecule has 2 aliphatic carbocycles. The van der Waals surface area contributed by atoms with Crippen molar-refractivity contribution in [3.8, 4) is 0 Å². The highest BCUT2D eigenvalue weighted by Gasteiger charge is 2.39. The van der Waals surface area contributed by atoms with Crippen molar-refractivity contribution in [2.75, 3.05) is 13.1 Å². The molecule has 0 bridgehead atoms. The van der Waals surface area contributed by atoms with Crippen LogP contribution in [0.5, 0.6) is 0 Å². The number of nitrogens with zero attached hydrogens (tertiary/aromatic N) is 1. The standard InChI is InChI=1S/C15H27NO/c17-15(9-3-4-10-15)12-16-11-5-8-14(16)13-6-1-2-7-13/h13-14,17H,1-12H2. The number of likely N-dealkylation sites (tertiary alicyclic amines) is 1. The lowest BCUT2D eigenvalue weighted by Crippen LogP contribution is -2.45. The Morgan fingerprint density at radius 1 is 0.941 bits per heavy atom. The van der Waals surface area contributed by atoms with Crippen molar-refractivity contribution < 1.29 is 5.11 Å². The first kappa shape index (κ1) is 12.0. The van der Waals surface area contributed by atoms with Gasteiger partial charge in [0.1, 0.15) is 0 Å². The topological polar surface area (TPSA) is 23.5 Å². The number of hydrogen-bond donors (Lipinski definition) is 1. The van der Waals surface area contributed by atoms with E-state index in [2.05, 4.69) is 4.90 Å². The van der Waals surface area contributed by atoms with Crippen LogP contribution >= 0.6 is 0 Å². The zero-order valence-corrected chi connectivity index (χ0v) is 11.0. The molecule has 1 saturated heterocycles. The van der Waals surface area contributed by atoms with Gasteiger partial charge in [-0.1, -0.05) is 25.7 Å². The Balaban J connectivity index is 1.61. The maximum Gasteiger partial charge on any atom is 0.0774 e. The summed E-state index contributed by atoms with van der Waals surface area (Å²) in [6.07, 6.45) is 13.1. The molecule has 2 saturated carbocycles. The predicted molar refractivity (Wildman–Crippen MR) is 70.0 cm³/mol. The quantitative estimate of drug-likeness (QED) is 0.816. The summed E-state index contributed by atoms with van der Waals surface area (Å²) in [4.78, 5) is 2.64. The summed E-state index contributed by atoms with van der Waals surface area (Å²) >= 11 is 0. The average Bonchev–Trinajstić information content (AvgIpc) is 2.98. The Bertz CT molecular complexity index is 254. The fourth-order valence-electron chi connectivity index (χ4n) is 4.49. The molecule has 3 rings (SSSR count). The highest BCUT2D eigenvalue weighted by Crippen LogP contribution is 2.38. The predicted octanol–water partition coefficient (Wildman–Crippen LogP) is 2.95. The van der Waals surface area contributed by atoms with E-state index in [1.165, 1.54) is 57.9 Å². The molecule has 2 heteroatoms. The van der Waals surface area contributed by atoms with Crippen molar-refractivity contribution >= 4 is 0 Å². The Labute approximate surface area is 105 Å². The van der Waals surface area contributed by atoms with Crippen LogP contribution in [0.3, 0.4) is 0 Å². The van der Waals surface area contributed by atoms with E-state index in [4.69, 9.17) is 0 Å². The molecule has 0 radical (unpaired) electrons. The van der Waals surface area contributed by atoms with Gasteiger partial charge >= 0.3 is 0 Å². The number of hydrogen-bond acceptors (Lipinski definition) is 2. The molecule has 0 spiro atoms. The van der Waals surface area contributed by atoms with Crippen LogP contribution in [0.2, 0.25) is 0 Å². The van der Waals surface area contributed by atoms with Gasteiger partial charge < -0.3 is 5.11 Å². The van der Waals surface area contributed by atoms with Crippen LogP contribution in [0.15, 0.2) is 0 Å². The first-order valence-electron chi connectivity index (χ1n) is 7.73. The van der Waals surface area contributed by atoms with Gasteiger partial charge in [0.05, 0.1) is 5.60 Å². The van der Waals surface area contributed by atoms with Crippen LogP contribution in [-0.4, -0.2) is 34.7 Å². The summed E-state index contributed by atoms with van der Waals surface area (Å²) in [5.41, 5.74) is -0.332. The molecule has 3 fully saturated rings. The van der Waals surface area contributed by atoms with E-state index in [1.54, 1.807) is 0 Å². The van der Waals surface area contributed by atoms with E-state index in [-0.39, 0.29) is 5.60 Å². The maximum absolute atomic E-state index is 10.6. The minimum absolute atomic E-state index is 0.332. The third kappa shape index (κ3) is 2.53. The van der Waals surface area contributed by atoms with Gasteiger partial charge in [0.15, 0.2) is 0 Å². The van der Waals surface area contributed by atoms with Crippen LogP contribution in [0.1, 0.15) is 64.2 Å². The van der Waals surface area contributed by atoms with E-state index in [1.807, 2.05) is 0 Å². The third-order valence-electron chi connectivity index (χ3n) is 5.39. The van der Waals surface area contributed by atoms with Gasteiger partial charge in [0, 0.05) is 12.6 Å². The first-order valence-corrected chi connectivity index (χ1v) is 7.73. The van der Waals surface area contributed by atoms with E-state index in [0.717, 1.165) is 31.3 Å². The number of rotatable bonds is 3. The molecule has 0 aromatic rings. The van der Waals surface area contributed by atoms with Gasteiger partial charge in [0.25, 0.3) is 0 Å². The van der Waals surface area contributed by atoms with Crippen molar-refractivity contribution in [2.24, 2.45) is 5.92 Å². The molecule has 17 heavy (non-hydrogen) atoms. The maximum atomic E-state index is 10.6. The summed E-state index contributed by atoms with van der Waals surface area (Å²) in [6.45, 7) is 2.21. The average molecular weight is 237 g/mol. The van der Waals surface area contributed by atoms with Crippen molar-refractivity contribution in [3.63, 3.8) is 0 Å². The van der Waals surface area contributed by atoms with Gasteiger partial charge in [-0.2, -0.15) is 0 Å². The Hall–Kier alpha value is -0.0800. The molecule has 1 unspecified atom stereocenters. The van der Waals surface area contributed by atoms with Gasteiger partial charge in [-0.05, 0) is 51.0 Å². The molecule has 1 heterocycles. The second kappa shape index (κ2) is 4.89. The lowest BCUT2D eigenvalue weighted by atomic mass is 9.94. The molecule has 3 aliphatic rings. The van der Waals surface area contributed by atoms with Gasteiger partial charge in [-0.15, -0.1) is 0 Å². The van der Waals surface area contributed by atoms with E-state index in [9.17, 15) is 5.11 Å². The van der Waals surface area contributed by atoms with E-state index >= 15 is 0 Å². The zero-order chi connectivity index (χ0) is 11.7. The van der Waals surface area contributed by atoms with E-state index in [0.29, 0.717) is 0 Å². The largest absolute Gasteiger partial charge is 0.389 e. The van der Waals surface area contributed by atoms with Gasteiger partial charge in [-0.3, -0.25) is 4.90 Å². The molecular formula is C15H27NO. The van der Waals surface area contributed by atoms with Crippen molar-refractivity contribution in [2.45, 2.75) is 75.9 Å². The second-order valence-corrected chi connectivity index (χ2v) is 6.66. The number of aliphatic hydroxyl groups is 1. The summed E-state index contributed by atoms with van der Waals surface area (Å²) in [7, 11) is 0. The molecule has 0 amide bonds. The molecule has 98 valence electrons. The van der Waals surface area contributed by atoms with Crippen LogP contribution in [0, 0.1) is 5.92 Å². The zero-order valence-electron chi connectivity index (χ0n) is 11.0. The summed E-state index contributed by atoms with van der Waals surface area (Å²) in [6, 6.07) is 0.808. The monoisotopic (exact) mass is 237 g/mol. The van der Waals surface area contributed by atoms with Crippen LogP contribution in [0.4, 0.5) is 0 Å². The molecular weight excluding hydrogens is 210 g/mol. The fraction of sp³-hybridized carbons (Fsp3) is 1.00. The highest BCUT2D eigenvalue weighted by molar-refractivity contribution is 4.94. The molecule has 1 N–H and O–H groups in total. The summed E-state index contributed by atoms with van der Waals surface area (Å²) in [5, 5.41) is 10.6. The second-order valence-electron chi connectivity index (χ2n) is 6.66. The van der Waals surface area contributed by atoms with Crippen LogP contribution < -0.4 is 0 Å². The smallest absolute Gasteiger partial charge is 0.0774 e. The summed E-state index contributed by atoms with van der Waals surface area (Å²) < 4.78 is 0. The van der Waals surface area contributed by atoms with Gasteiger partial charge in [0.2, 0.25) is 0 Å². The van der Waals surface area contributed by atoms with Crippen LogP contribution in [-0.2, 0) is 0 Å². The molecule has 0 aromatic carbocycles. The molecule has 2 nitrogen and oxygen atoms in total. The Morgan fingerprint density at radius 3 is 2.35 bits per heavy atom. The number of β-amino-alcohol motifs (C(OH)–C–C–N with tert-alkyl or cyclic N) is 1. The molecule has 1 aliphatic heterocycles. The normalized spacial score (nSPS) is 34.8. The van der Waals surface area contributed by atoms with Crippen molar-refractivity contribution in [3.05, 3.63) is 0 Å². The van der Waals surface area contributed by atoms with E-state index < -0.39 is 0 Å². The SMILES string of the molecule is OC1(CN2CCCC2C2CCCC2)CCCC1. The van der Waals surface area contributed by atoms with Crippen LogP contribution in [0.25, 0.3) is 0 Å². The minimum atomic E-state index is -0.332. The lowest BCUT2D eigenvalue weighted by molar-refractivity contribution is -0.000713. The highest BCUT2D eigenvalue weighted by atomic mass is 16.3. The Kier molecular flexibility index (Phi) is 3.45. The molecule has 1 atom stereocenters. The molecule has 0 aromatic heterocycles. The third-order valence-corrected chi connectivity index (χ3v) is 5.39. The minimum Gasteiger partial charge on any atom is -0.389 e. The summed E-state index contributed by atoms with van der Waals surface area (Å²) in [5.74, 6) is 0.947. The van der Waals surface area contributed by atoms with Crippen molar-refractivity contribution in [1.29, 1.82) is 0 Å². The lowest BCUT2D eigenvalue weighted by Gasteiger charge is -2.35.